The molecule has 0 fully saturated rings. The molecule has 0 radical (unpaired) electrons. The van der Waals surface area contributed by atoms with Crippen LogP contribution in [-0.2, 0) is 4.79 Å². The maximum absolute atomic E-state index is 11.7. The number of nitrogens with one attached hydrogen (secondary N) is 2. The normalized spacial score (nSPS) is 12.2. The van der Waals surface area contributed by atoms with Crippen molar-refractivity contribution in [3.05, 3.63) is 77.1 Å². The van der Waals surface area contributed by atoms with E-state index >= 15 is 0 Å². The average Bonchev–Trinajstić information content (AvgIpc) is 3.26. The van der Waals surface area contributed by atoms with Crippen molar-refractivity contribution in [1.29, 1.82) is 0 Å². The lowest BCUT2D eigenvalue weighted by Gasteiger charge is -2.16. The third-order valence-corrected chi connectivity index (χ3v) is 5.81. The van der Waals surface area contributed by atoms with Gasteiger partial charge in [0.05, 0.1) is 21.4 Å². The SMILES string of the molecule is CCNC(=O)C=Cc1cccc(C(C)Nc2cc(-c3ccc4ncsc4c3)nc(C)n2)c1. The lowest BCUT2D eigenvalue weighted by atomic mass is 10.0. The molecular formula is C25H25N5OS. The Kier molecular flexibility index (Phi) is 6.56. The minimum atomic E-state index is -0.0930. The van der Waals surface area contributed by atoms with Crippen LogP contribution in [0.2, 0.25) is 0 Å². The minimum absolute atomic E-state index is 0.0268. The van der Waals surface area contributed by atoms with Crippen molar-refractivity contribution in [2.75, 3.05) is 11.9 Å². The predicted molar refractivity (Wildman–Crippen MR) is 132 cm³/mol. The lowest BCUT2D eigenvalue weighted by molar-refractivity contribution is -0.116. The van der Waals surface area contributed by atoms with Crippen molar-refractivity contribution in [2.24, 2.45) is 0 Å². The van der Waals surface area contributed by atoms with Crippen LogP contribution in [0.25, 0.3) is 27.6 Å². The summed E-state index contributed by atoms with van der Waals surface area (Å²) in [4.78, 5) is 25.2. The number of aryl methyl sites for hydroxylation is 1. The van der Waals surface area contributed by atoms with Crippen LogP contribution in [0.5, 0.6) is 0 Å². The molecule has 2 N–H and O–H groups in total. The van der Waals surface area contributed by atoms with E-state index in [1.54, 1.807) is 17.4 Å². The highest BCUT2D eigenvalue weighted by molar-refractivity contribution is 7.16. The second-order valence-corrected chi connectivity index (χ2v) is 8.37. The van der Waals surface area contributed by atoms with E-state index in [0.717, 1.165) is 38.4 Å². The van der Waals surface area contributed by atoms with Gasteiger partial charge in [-0.05, 0) is 56.2 Å². The fourth-order valence-electron chi connectivity index (χ4n) is 3.45. The van der Waals surface area contributed by atoms with E-state index < -0.39 is 0 Å². The highest BCUT2D eigenvalue weighted by Gasteiger charge is 2.10. The van der Waals surface area contributed by atoms with Crippen LogP contribution < -0.4 is 10.6 Å². The summed E-state index contributed by atoms with van der Waals surface area (Å²) in [7, 11) is 0. The molecule has 4 rings (SSSR count). The van der Waals surface area contributed by atoms with Gasteiger partial charge in [-0.25, -0.2) is 15.0 Å². The Labute approximate surface area is 191 Å². The summed E-state index contributed by atoms with van der Waals surface area (Å²) >= 11 is 1.62. The lowest BCUT2D eigenvalue weighted by Crippen LogP contribution is -2.19. The number of amides is 1. The van der Waals surface area contributed by atoms with E-state index in [9.17, 15) is 4.79 Å². The molecule has 1 unspecified atom stereocenters. The number of carbonyl (C=O) groups excluding carboxylic acids is 1. The van der Waals surface area contributed by atoms with Crippen LogP contribution in [0.3, 0.4) is 0 Å². The smallest absolute Gasteiger partial charge is 0.243 e. The number of fused-ring (bicyclic) bond motifs is 1. The van der Waals surface area contributed by atoms with Gasteiger partial charge in [-0.1, -0.05) is 24.3 Å². The highest BCUT2D eigenvalue weighted by Crippen LogP contribution is 2.27. The minimum Gasteiger partial charge on any atom is -0.363 e. The zero-order valence-corrected chi connectivity index (χ0v) is 19.1. The van der Waals surface area contributed by atoms with E-state index in [1.165, 1.54) is 0 Å². The average molecular weight is 444 g/mol. The summed E-state index contributed by atoms with van der Waals surface area (Å²) in [5.41, 5.74) is 6.85. The van der Waals surface area contributed by atoms with Gasteiger partial charge in [0.1, 0.15) is 11.6 Å². The van der Waals surface area contributed by atoms with E-state index in [1.807, 2.05) is 55.8 Å². The summed E-state index contributed by atoms with van der Waals surface area (Å²) in [5, 5.41) is 6.25. The number of benzene rings is 2. The van der Waals surface area contributed by atoms with Gasteiger partial charge >= 0.3 is 0 Å². The van der Waals surface area contributed by atoms with Gasteiger partial charge in [-0.2, -0.15) is 0 Å². The van der Waals surface area contributed by atoms with E-state index in [4.69, 9.17) is 0 Å². The molecule has 2 heterocycles. The van der Waals surface area contributed by atoms with Crippen molar-refractivity contribution in [3.8, 4) is 11.3 Å². The number of hydrogen-bond donors (Lipinski definition) is 2. The molecule has 0 aliphatic carbocycles. The maximum Gasteiger partial charge on any atom is 0.243 e. The molecule has 0 aliphatic rings. The molecule has 4 aromatic rings. The van der Waals surface area contributed by atoms with Gasteiger partial charge in [0.15, 0.2) is 0 Å². The number of nitrogens with zero attached hydrogens (tertiary/aromatic N) is 3. The van der Waals surface area contributed by atoms with Gasteiger partial charge in [0, 0.05) is 30.3 Å². The Morgan fingerprint density at radius 1 is 1.16 bits per heavy atom. The fraction of sp³-hybridized carbons (Fsp3) is 0.200. The number of hydrogen-bond acceptors (Lipinski definition) is 6. The quantitative estimate of drug-likeness (QED) is 0.375. The monoisotopic (exact) mass is 443 g/mol. The van der Waals surface area contributed by atoms with Crippen molar-refractivity contribution >= 4 is 39.4 Å². The molecular weight excluding hydrogens is 418 g/mol. The summed E-state index contributed by atoms with van der Waals surface area (Å²) in [6, 6.07) is 16.3. The molecule has 2 aromatic carbocycles. The molecule has 0 spiro atoms. The van der Waals surface area contributed by atoms with Crippen molar-refractivity contribution in [1.82, 2.24) is 20.3 Å². The molecule has 32 heavy (non-hydrogen) atoms. The molecule has 6 nitrogen and oxygen atoms in total. The van der Waals surface area contributed by atoms with Gasteiger partial charge in [-0.3, -0.25) is 4.79 Å². The van der Waals surface area contributed by atoms with Crippen LogP contribution in [0.4, 0.5) is 5.82 Å². The van der Waals surface area contributed by atoms with Crippen molar-refractivity contribution < 1.29 is 4.79 Å². The highest BCUT2D eigenvalue weighted by atomic mass is 32.1. The van der Waals surface area contributed by atoms with Crippen LogP contribution in [0.15, 0.2) is 60.1 Å². The summed E-state index contributed by atoms with van der Waals surface area (Å²) < 4.78 is 1.14. The van der Waals surface area contributed by atoms with Crippen LogP contribution in [-0.4, -0.2) is 27.4 Å². The van der Waals surface area contributed by atoms with Crippen LogP contribution in [0, 0.1) is 6.92 Å². The van der Waals surface area contributed by atoms with E-state index in [2.05, 4.69) is 50.7 Å². The van der Waals surface area contributed by atoms with Crippen LogP contribution >= 0.6 is 11.3 Å². The zero-order chi connectivity index (χ0) is 22.5. The molecule has 162 valence electrons. The Hall–Kier alpha value is -3.58. The summed E-state index contributed by atoms with van der Waals surface area (Å²) in [6.07, 6.45) is 3.38. The van der Waals surface area contributed by atoms with Crippen molar-refractivity contribution in [3.63, 3.8) is 0 Å². The van der Waals surface area contributed by atoms with Gasteiger partial charge in [0.2, 0.25) is 5.91 Å². The third kappa shape index (κ3) is 5.18. The van der Waals surface area contributed by atoms with Crippen LogP contribution in [0.1, 0.15) is 36.8 Å². The predicted octanol–water partition coefficient (Wildman–Crippen LogP) is 5.38. The standard InChI is InChI=1S/C25H25N5OS/c1-4-26-25(31)11-8-18-6-5-7-19(12-18)16(2)28-24-14-22(29-17(3)30-24)20-9-10-21-23(13-20)32-15-27-21/h5-16H,4H2,1-3H3,(H,26,31)(H,28,29,30). The Morgan fingerprint density at radius 2 is 2.03 bits per heavy atom. The molecule has 1 amide bonds. The number of carbonyl (C=O) groups is 1. The summed E-state index contributed by atoms with van der Waals surface area (Å²) in [6.45, 7) is 6.50. The number of anilines is 1. The number of thiazole rings is 1. The summed E-state index contributed by atoms with van der Waals surface area (Å²) in [5.74, 6) is 1.39. The molecule has 0 bridgehead atoms. The zero-order valence-electron chi connectivity index (χ0n) is 18.3. The largest absolute Gasteiger partial charge is 0.363 e. The molecule has 0 saturated heterocycles. The van der Waals surface area contributed by atoms with Crippen molar-refractivity contribution in [2.45, 2.75) is 26.8 Å². The first-order valence-corrected chi connectivity index (χ1v) is 11.4. The second kappa shape index (κ2) is 9.70. The Balaban J connectivity index is 1.54. The van der Waals surface area contributed by atoms with E-state index in [-0.39, 0.29) is 11.9 Å². The number of likely N-dealkylation sites (N-methyl/N-ethyl adjacent to an activating group) is 1. The molecule has 2 aromatic heterocycles. The number of rotatable bonds is 7. The topological polar surface area (TPSA) is 79.8 Å². The Morgan fingerprint density at radius 3 is 2.88 bits per heavy atom. The maximum atomic E-state index is 11.7. The van der Waals surface area contributed by atoms with Gasteiger partial charge in [0.25, 0.3) is 0 Å². The molecule has 1 atom stereocenters. The molecule has 7 heteroatoms. The number of aromatic nitrogens is 3. The molecule has 0 aliphatic heterocycles. The van der Waals surface area contributed by atoms with Gasteiger partial charge in [-0.15, -0.1) is 11.3 Å². The fourth-order valence-corrected chi connectivity index (χ4v) is 4.16. The first kappa shape index (κ1) is 21.6. The van der Waals surface area contributed by atoms with Gasteiger partial charge < -0.3 is 10.6 Å². The Bertz CT molecular complexity index is 1280. The first-order chi connectivity index (χ1) is 15.5. The van der Waals surface area contributed by atoms with E-state index in [0.29, 0.717) is 12.4 Å². The second-order valence-electron chi connectivity index (χ2n) is 7.48. The third-order valence-electron chi connectivity index (χ3n) is 5.02. The molecule has 0 saturated carbocycles. The first-order valence-electron chi connectivity index (χ1n) is 10.5.